The van der Waals surface area contributed by atoms with E-state index in [-0.39, 0.29) is 5.82 Å². The lowest BCUT2D eigenvalue weighted by atomic mass is 10.0. The number of aliphatic hydroxyl groups excluding tert-OH is 1. The molecule has 3 aromatic rings. The van der Waals surface area contributed by atoms with Gasteiger partial charge in [0.2, 0.25) is 0 Å². The fraction of sp³-hybridized carbons (Fsp3) is 0.478. The predicted molar refractivity (Wildman–Crippen MR) is 118 cm³/mol. The molecule has 3 heterocycles. The second-order valence-electron chi connectivity index (χ2n) is 8.22. The summed E-state index contributed by atoms with van der Waals surface area (Å²) in [6.45, 7) is 9.11. The van der Waals surface area contributed by atoms with Gasteiger partial charge in [-0.25, -0.2) is 9.37 Å². The lowest BCUT2D eigenvalue weighted by Crippen LogP contribution is -2.46. The lowest BCUT2D eigenvalue weighted by Gasteiger charge is -2.37. The Kier molecular flexibility index (Phi) is 6.38. The molecule has 0 amide bonds. The molecule has 0 aliphatic carbocycles. The van der Waals surface area contributed by atoms with E-state index >= 15 is 0 Å². The molecule has 1 saturated heterocycles. The Morgan fingerprint density at radius 1 is 1.19 bits per heavy atom. The van der Waals surface area contributed by atoms with E-state index in [4.69, 9.17) is 0 Å². The highest BCUT2D eigenvalue weighted by Crippen LogP contribution is 2.33. The summed E-state index contributed by atoms with van der Waals surface area (Å²) in [6, 6.07) is 4.89. The fourth-order valence-corrected chi connectivity index (χ4v) is 4.31. The molecule has 4 rings (SSSR count). The van der Waals surface area contributed by atoms with Crippen molar-refractivity contribution in [3.63, 3.8) is 0 Å². The molecular weight excluding hydrogens is 395 g/mol. The number of piperazine rings is 1. The van der Waals surface area contributed by atoms with E-state index in [0.29, 0.717) is 30.2 Å². The van der Waals surface area contributed by atoms with Crippen LogP contribution in [0.5, 0.6) is 0 Å². The number of imidazole rings is 1. The van der Waals surface area contributed by atoms with E-state index in [2.05, 4.69) is 33.5 Å². The number of anilines is 1. The van der Waals surface area contributed by atoms with Gasteiger partial charge in [0, 0.05) is 75.5 Å². The normalized spacial score (nSPS) is 16.1. The van der Waals surface area contributed by atoms with Gasteiger partial charge in [-0.1, -0.05) is 19.1 Å². The Morgan fingerprint density at radius 2 is 1.97 bits per heavy atom. The van der Waals surface area contributed by atoms with Crippen LogP contribution in [-0.2, 0) is 20.1 Å². The van der Waals surface area contributed by atoms with Crippen LogP contribution >= 0.6 is 0 Å². The highest BCUT2D eigenvalue weighted by atomic mass is 19.1. The van der Waals surface area contributed by atoms with Crippen molar-refractivity contribution in [1.29, 1.82) is 0 Å². The van der Waals surface area contributed by atoms with Crippen molar-refractivity contribution in [2.75, 3.05) is 31.1 Å². The molecule has 0 spiro atoms. The summed E-state index contributed by atoms with van der Waals surface area (Å²) in [5, 5.41) is 15.4. The quantitative estimate of drug-likeness (QED) is 0.630. The number of hydrogen-bond donors (Lipinski definition) is 1. The summed E-state index contributed by atoms with van der Waals surface area (Å²) in [7, 11) is 1.83. The summed E-state index contributed by atoms with van der Waals surface area (Å²) in [4.78, 5) is 8.67. The Hall–Kier alpha value is -2.71. The van der Waals surface area contributed by atoms with Gasteiger partial charge in [0.05, 0.1) is 11.9 Å². The van der Waals surface area contributed by atoms with Crippen LogP contribution in [0.2, 0.25) is 0 Å². The molecule has 7 nitrogen and oxygen atoms in total. The van der Waals surface area contributed by atoms with Gasteiger partial charge in [0.1, 0.15) is 17.7 Å². The first-order chi connectivity index (χ1) is 15.0. The predicted octanol–water partition coefficient (Wildman–Crippen LogP) is 2.88. The monoisotopic (exact) mass is 426 g/mol. The molecule has 0 radical (unpaired) electrons. The van der Waals surface area contributed by atoms with Crippen LogP contribution in [-0.4, -0.2) is 55.5 Å². The minimum atomic E-state index is -0.976. The third kappa shape index (κ3) is 4.36. The maximum atomic E-state index is 14.9. The van der Waals surface area contributed by atoms with Crippen LogP contribution < -0.4 is 4.90 Å². The first-order valence-corrected chi connectivity index (χ1v) is 10.9. The maximum absolute atomic E-state index is 14.9. The molecule has 166 valence electrons. The molecule has 1 N–H and O–H groups in total. The zero-order valence-electron chi connectivity index (χ0n) is 18.5. The maximum Gasteiger partial charge on any atom is 0.146 e. The van der Waals surface area contributed by atoms with Crippen molar-refractivity contribution in [3.05, 3.63) is 65.3 Å². The Morgan fingerprint density at radius 3 is 2.65 bits per heavy atom. The van der Waals surface area contributed by atoms with Crippen LogP contribution in [0.25, 0.3) is 0 Å². The standard InChI is InChI=1S/C23H31FN6O/c1-4-9-30-17(2)18(15-26-30)16-28-11-13-29(14-12-28)21-19(6-5-7-20(21)24)22(31)23-25-8-10-27(23)3/h5-8,10,15,22,31H,4,9,11-14,16H2,1-3H3. The fourth-order valence-electron chi connectivity index (χ4n) is 4.31. The SMILES string of the molecule is CCCn1ncc(CN2CCN(c3c(F)cccc3C(O)c3nccn3C)CC2)c1C. The van der Waals surface area contributed by atoms with Crippen LogP contribution in [0.3, 0.4) is 0 Å². The molecule has 31 heavy (non-hydrogen) atoms. The lowest BCUT2D eigenvalue weighted by molar-refractivity contribution is 0.205. The largest absolute Gasteiger partial charge is 0.380 e. The zero-order chi connectivity index (χ0) is 22.0. The van der Waals surface area contributed by atoms with Gasteiger partial charge < -0.3 is 14.6 Å². The van der Waals surface area contributed by atoms with E-state index in [0.717, 1.165) is 32.6 Å². The summed E-state index contributed by atoms with van der Waals surface area (Å²) >= 11 is 0. The van der Waals surface area contributed by atoms with E-state index < -0.39 is 6.10 Å². The number of aryl methyl sites for hydroxylation is 2. The highest BCUT2D eigenvalue weighted by Gasteiger charge is 2.27. The molecule has 1 aliphatic rings. The van der Waals surface area contributed by atoms with Gasteiger partial charge >= 0.3 is 0 Å². The van der Waals surface area contributed by atoms with E-state index in [9.17, 15) is 9.50 Å². The first-order valence-electron chi connectivity index (χ1n) is 10.9. The Labute approximate surface area is 182 Å². The van der Waals surface area contributed by atoms with Gasteiger partial charge in [0.25, 0.3) is 0 Å². The number of aliphatic hydroxyl groups is 1. The minimum Gasteiger partial charge on any atom is -0.380 e. The molecule has 0 saturated carbocycles. The Bertz CT molecular complexity index is 1020. The van der Waals surface area contributed by atoms with E-state index in [1.165, 1.54) is 17.3 Å². The molecule has 1 aromatic carbocycles. The molecule has 1 aliphatic heterocycles. The van der Waals surface area contributed by atoms with Crippen molar-refractivity contribution in [2.24, 2.45) is 7.05 Å². The molecule has 8 heteroatoms. The van der Waals surface area contributed by atoms with Crippen molar-refractivity contribution in [2.45, 2.75) is 39.5 Å². The first kappa shape index (κ1) is 21.5. The number of benzene rings is 1. The molecule has 0 bridgehead atoms. The number of rotatable bonds is 7. The van der Waals surface area contributed by atoms with Crippen LogP contribution in [0.1, 0.15) is 42.1 Å². The number of para-hydroxylation sites is 1. The van der Waals surface area contributed by atoms with Crippen LogP contribution in [0.4, 0.5) is 10.1 Å². The van der Waals surface area contributed by atoms with Gasteiger partial charge in [-0.05, 0) is 19.4 Å². The topological polar surface area (TPSA) is 62.4 Å². The van der Waals surface area contributed by atoms with Gasteiger partial charge in [-0.2, -0.15) is 5.10 Å². The third-order valence-electron chi connectivity index (χ3n) is 6.14. The number of hydrogen-bond acceptors (Lipinski definition) is 5. The van der Waals surface area contributed by atoms with Crippen molar-refractivity contribution in [3.8, 4) is 0 Å². The summed E-state index contributed by atoms with van der Waals surface area (Å²) in [5.41, 5.74) is 3.50. The van der Waals surface area contributed by atoms with Crippen LogP contribution in [0, 0.1) is 12.7 Å². The molecule has 1 atom stereocenters. The molecule has 2 aromatic heterocycles. The highest BCUT2D eigenvalue weighted by molar-refractivity contribution is 5.57. The van der Waals surface area contributed by atoms with Gasteiger partial charge in [-0.15, -0.1) is 0 Å². The summed E-state index contributed by atoms with van der Waals surface area (Å²) < 4.78 is 18.7. The second-order valence-corrected chi connectivity index (χ2v) is 8.22. The van der Waals surface area contributed by atoms with E-state index in [1.54, 1.807) is 29.1 Å². The van der Waals surface area contributed by atoms with Crippen molar-refractivity contribution < 1.29 is 9.50 Å². The number of nitrogens with zero attached hydrogens (tertiary/aromatic N) is 6. The number of aromatic nitrogens is 4. The number of halogens is 1. The molecule has 1 unspecified atom stereocenters. The van der Waals surface area contributed by atoms with Crippen LogP contribution in [0.15, 0.2) is 36.8 Å². The minimum absolute atomic E-state index is 0.309. The second kappa shape index (κ2) is 9.20. The van der Waals surface area contributed by atoms with Crippen molar-refractivity contribution >= 4 is 5.69 Å². The van der Waals surface area contributed by atoms with Gasteiger partial charge in [-0.3, -0.25) is 9.58 Å². The van der Waals surface area contributed by atoms with E-state index in [1.807, 2.05) is 18.1 Å². The molecule has 1 fully saturated rings. The summed E-state index contributed by atoms with van der Waals surface area (Å²) in [5.74, 6) is 0.195. The average Bonchev–Trinajstić information content (AvgIpc) is 3.35. The van der Waals surface area contributed by atoms with Crippen molar-refractivity contribution in [1.82, 2.24) is 24.2 Å². The van der Waals surface area contributed by atoms with Gasteiger partial charge in [0.15, 0.2) is 0 Å². The molecular formula is C23H31FN6O. The summed E-state index contributed by atoms with van der Waals surface area (Å²) in [6.07, 6.45) is 5.48. The Balaban J connectivity index is 1.47. The average molecular weight is 427 g/mol. The smallest absolute Gasteiger partial charge is 0.146 e. The zero-order valence-corrected chi connectivity index (χ0v) is 18.5. The third-order valence-corrected chi connectivity index (χ3v) is 6.14.